The van der Waals surface area contributed by atoms with Crippen LogP contribution in [-0.2, 0) is 0 Å². The molecule has 0 amide bonds. The number of nitro groups is 1. The van der Waals surface area contributed by atoms with Crippen LogP contribution in [0.15, 0.2) is 18.2 Å². The number of nitrogens with one attached hydrogen (secondary N) is 1. The van der Waals surface area contributed by atoms with E-state index in [1.54, 1.807) is 0 Å². The van der Waals surface area contributed by atoms with Crippen LogP contribution < -0.4 is 5.32 Å². The van der Waals surface area contributed by atoms with Gasteiger partial charge in [-0.1, -0.05) is 0 Å². The summed E-state index contributed by atoms with van der Waals surface area (Å²) in [6, 6.07) is 3.87. The number of rotatable bonds is 4. The van der Waals surface area contributed by atoms with Gasteiger partial charge in [0.2, 0.25) is 5.82 Å². The standard InChI is InChI=1S/C10H11FN2O2/c11-9-4-3-8(5-10(9)13(14)15)12-6-7-1-2-7/h3-5,7,12H,1-2,6H2. The molecule has 15 heavy (non-hydrogen) atoms. The van der Waals surface area contributed by atoms with Crippen molar-refractivity contribution in [2.45, 2.75) is 12.8 Å². The molecule has 0 aliphatic heterocycles. The van der Waals surface area contributed by atoms with E-state index in [1.165, 1.54) is 25.0 Å². The lowest BCUT2D eigenvalue weighted by Gasteiger charge is -2.04. The lowest BCUT2D eigenvalue weighted by Crippen LogP contribution is -2.04. The van der Waals surface area contributed by atoms with Gasteiger partial charge >= 0.3 is 5.69 Å². The fourth-order valence-electron chi connectivity index (χ4n) is 1.35. The zero-order valence-corrected chi connectivity index (χ0v) is 8.07. The van der Waals surface area contributed by atoms with Crippen molar-refractivity contribution in [1.82, 2.24) is 0 Å². The molecular weight excluding hydrogens is 199 g/mol. The number of nitrogens with zero attached hydrogens (tertiary/aromatic N) is 1. The molecule has 2 rings (SSSR count). The van der Waals surface area contributed by atoms with E-state index < -0.39 is 16.4 Å². The molecule has 4 nitrogen and oxygen atoms in total. The molecule has 0 radical (unpaired) electrons. The molecule has 0 aromatic heterocycles. The molecular formula is C10H11FN2O2. The van der Waals surface area contributed by atoms with Crippen molar-refractivity contribution in [3.63, 3.8) is 0 Å². The smallest absolute Gasteiger partial charge is 0.306 e. The van der Waals surface area contributed by atoms with E-state index in [0.717, 1.165) is 12.6 Å². The molecule has 80 valence electrons. The zero-order valence-electron chi connectivity index (χ0n) is 8.07. The Balaban J connectivity index is 2.10. The van der Waals surface area contributed by atoms with Gasteiger partial charge in [-0.15, -0.1) is 0 Å². The van der Waals surface area contributed by atoms with Crippen molar-refractivity contribution in [3.8, 4) is 0 Å². The maximum atomic E-state index is 13.0. The summed E-state index contributed by atoms with van der Waals surface area (Å²) in [6.45, 7) is 0.808. The van der Waals surface area contributed by atoms with Crippen LogP contribution in [-0.4, -0.2) is 11.5 Å². The summed E-state index contributed by atoms with van der Waals surface area (Å²) in [5.41, 5.74) is 0.130. The third-order valence-electron chi connectivity index (χ3n) is 2.43. The third-order valence-corrected chi connectivity index (χ3v) is 2.43. The van der Waals surface area contributed by atoms with Crippen LogP contribution in [0.2, 0.25) is 0 Å². The molecule has 1 fully saturated rings. The van der Waals surface area contributed by atoms with Gasteiger partial charge in [0.15, 0.2) is 0 Å². The Morgan fingerprint density at radius 2 is 2.27 bits per heavy atom. The lowest BCUT2D eigenvalue weighted by molar-refractivity contribution is -0.387. The van der Waals surface area contributed by atoms with Crippen LogP contribution >= 0.6 is 0 Å². The van der Waals surface area contributed by atoms with E-state index in [9.17, 15) is 14.5 Å². The number of anilines is 1. The van der Waals surface area contributed by atoms with Gasteiger partial charge in [0, 0.05) is 18.3 Å². The first-order valence-electron chi connectivity index (χ1n) is 4.84. The van der Waals surface area contributed by atoms with Gasteiger partial charge in [-0.3, -0.25) is 10.1 Å². The van der Waals surface area contributed by atoms with E-state index in [4.69, 9.17) is 0 Å². The van der Waals surface area contributed by atoms with Crippen LogP contribution in [0.3, 0.4) is 0 Å². The lowest BCUT2D eigenvalue weighted by atomic mass is 10.2. The summed E-state index contributed by atoms with van der Waals surface area (Å²) in [5, 5.41) is 13.5. The van der Waals surface area contributed by atoms with E-state index in [0.29, 0.717) is 11.6 Å². The first-order chi connectivity index (χ1) is 7.16. The van der Waals surface area contributed by atoms with E-state index in [1.807, 2.05) is 0 Å². The molecule has 0 saturated heterocycles. The average molecular weight is 210 g/mol. The van der Waals surface area contributed by atoms with Crippen LogP contribution in [0.25, 0.3) is 0 Å². The predicted molar refractivity (Wildman–Crippen MR) is 54.3 cm³/mol. The summed E-state index contributed by atoms with van der Waals surface area (Å²) in [6.07, 6.45) is 2.41. The Bertz CT molecular complexity index is 391. The second kappa shape index (κ2) is 3.84. The second-order valence-electron chi connectivity index (χ2n) is 3.75. The highest BCUT2D eigenvalue weighted by Crippen LogP contribution is 2.29. The summed E-state index contributed by atoms with van der Waals surface area (Å²) in [5.74, 6) is -0.119. The molecule has 0 bridgehead atoms. The van der Waals surface area contributed by atoms with Crippen molar-refractivity contribution in [1.29, 1.82) is 0 Å². The highest BCUT2D eigenvalue weighted by Gasteiger charge is 2.21. The fourth-order valence-corrected chi connectivity index (χ4v) is 1.35. The zero-order chi connectivity index (χ0) is 10.8. The SMILES string of the molecule is O=[N+]([O-])c1cc(NCC2CC2)ccc1F. The van der Waals surface area contributed by atoms with E-state index >= 15 is 0 Å². The molecule has 1 N–H and O–H groups in total. The molecule has 1 aromatic rings. The Labute approximate surface area is 86.3 Å². The van der Waals surface area contributed by atoms with Crippen LogP contribution in [0.1, 0.15) is 12.8 Å². The maximum Gasteiger partial charge on any atom is 0.306 e. The molecule has 0 spiro atoms. The molecule has 1 aliphatic rings. The van der Waals surface area contributed by atoms with Crippen molar-refractivity contribution in [3.05, 3.63) is 34.1 Å². The minimum Gasteiger partial charge on any atom is -0.385 e. The highest BCUT2D eigenvalue weighted by molar-refractivity contribution is 5.51. The first-order valence-corrected chi connectivity index (χ1v) is 4.84. The number of benzene rings is 1. The first kappa shape index (κ1) is 9.89. The predicted octanol–water partition coefficient (Wildman–Crippen LogP) is 2.56. The molecule has 0 heterocycles. The minimum atomic E-state index is -0.794. The monoisotopic (exact) mass is 210 g/mol. The van der Waals surface area contributed by atoms with Crippen LogP contribution in [0.4, 0.5) is 15.8 Å². The average Bonchev–Trinajstić information content (AvgIpc) is 3.00. The molecule has 1 aromatic carbocycles. The van der Waals surface area contributed by atoms with E-state index in [-0.39, 0.29) is 0 Å². The normalized spacial score (nSPS) is 15.0. The van der Waals surface area contributed by atoms with Gasteiger partial charge < -0.3 is 5.32 Å². The molecule has 1 saturated carbocycles. The second-order valence-corrected chi connectivity index (χ2v) is 3.75. The number of halogens is 1. The summed E-state index contributed by atoms with van der Waals surface area (Å²) in [7, 11) is 0. The van der Waals surface area contributed by atoms with Gasteiger partial charge in [0.05, 0.1) is 4.92 Å². The third kappa shape index (κ3) is 2.43. The summed E-state index contributed by atoms with van der Waals surface area (Å²) < 4.78 is 13.0. The Morgan fingerprint density at radius 1 is 1.53 bits per heavy atom. The number of nitro benzene ring substituents is 1. The number of hydrogen-bond acceptors (Lipinski definition) is 3. The van der Waals surface area contributed by atoms with Crippen LogP contribution in [0, 0.1) is 21.8 Å². The topological polar surface area (TPSA) is 55.2 Å². The van der Waals surface area contributed by atoms with Gasteiger partial charge in [0.1, 0.15) is 0 Å². The Kier molecular flexibility index (Phi) is 2.53. The van der Waals surface area contributed by atoms with Crippen molar-refractivity contribution in [2.24, 2.45) is 5.92 Å². The van der Waals surface area contributed by atoms with Crippen molar-refractivity contribution >= 4 is 11.4 Å². The van der Waals surface area contributed by atoms with Crippen LogP contribution in [0.5, 0.6) is 0 Å². The minimum absolute atomic E-state index is 0.476. The quantitative estimate of drug-likeness (QED) is 0.613. The maximum absolute atomic E-state index is 13.0. The Hall–Kier alpha value is -1.65. The fraction of sp³-hybridized carbons (Fsp3) is 0.400. The van der Waals surface area contributed by atoms with Crippen molar-refractivity contribution < 1.29 is 9.31 Å². The summed E-state index contributed by atoms with van der Waals surface area (Å²) >= 11 is 0. The largest absolute Gasteiger partial charge is 0.385 e. The number of hydrogen-bond donors (Lipinski definition) is 1. The van der Waals surface area contributed by atoms with Gasteiger partial charge in [-0.05, 0) is 30.9 Å². The molecule has 5 heteroatoms. The summed E-state index contributed by atoms with van der Waals surface area (Å²) in [4.78, 5) is 9.75. The van der Waals surface area contributed by atoms with Crippen molar-refractivity contribution in [2.75, 3.05) is 11.9 Å². The highest BCUT2D eigenvalue weighted by atomic mass is 19.1. The molecule has 0 atom stereocenters. The Morgan fingerprint density at radius 3 is 2.87 bits per heavy atom. The van der Waals surface area contributed by atoms with Gasteiger partial charge in [-0.25, -0.2) is 0 Å². The van der Waals surface area contributed by atoms with Gasteiger partial charge in [-0.2, -0.15) is 4.39 Å². The van der Waals surface area contributed by atoms with E-state index in [2.05, 4.69) is 5.32 Å². The molecule has 1 aliphatic carbocycles. The van der Waals surface area contributed by atoms with Gasteiger partial charge in [0.25, 0.3) is 0 Å². The molecule has 0 unspecified atom stereocenters.